The Kier molecular flexibility index (Phi) is 8.64. The molecule has 1 aromatic carbocycles. The lowest BCUT2D eigenvalue weighted by atomic mass is 9.81. The van der Waals surface area contributed by atoms with Crippen molar-refractivity contribution in [2.24, 2.45) is 11.8 Å². The lowest BCUT2D eigenvalue weighted by Crippen LogP contribution is -2.40. The third kappa shape index (κ3) is 7.67. The normalized spacial score (nSPS) is 20.2. The van der Waals surface area contributed by atoms with Crippen molar-refractivity contribution in [2.75, 3.05) is 0 Å². The van der Waals surface area contributed by atoms with Gasteiger partial charge < -0.3 is 15.6 Å². The minimum absolute atomic E-state index is 0.0415. The van der Waals surface area contributed by atoms with Gasteiger partial charge in [-0.3, -0.25) is 9.59 Å². The predicted octanol–water partition coefficient (Wildman–Crippen LogP) is 6.02. The van der Waals surface area contributed by atoms with Crippen LogP contribution in [0.3, 0.4) is 0 Å². The summed E-state index contributed by atoms with van der Waals surface area (Å²) in [4.78, 5) is 33.2. The lowest BCUT2D eigenvalue weighted by molar-refractivity contribution is -0.144. The highest BCUT2D eigenvalue weighted by atomic mass is 19.4. The van der Waals surface area contributed by atoms with Crippen LogP contribution in [-0.4, -0.2) is 54.8 Å². The van der Waals surface area contributed by atoms with Gasteiger partial charge in [-0.15, -0.1) is 5.10 Å². The molecule has 0 bridgehead atoms. The van der Waals surface area contributed by atoms with E-state index in [1.807, 2.05) is 0 Å². The van der Waals surface area contributed by atoms with Crippen LogP contribution in [0.4, 0.5) is 30.7 Å². The van der Waals surface area contributed by atoms with E-state index < -0.39 is 60.7 Å². The molecule has 2 atom stereocenters. The number of benzene rings is 1. The Morgan fingerprint density at radius 1 is 1.09 bits per heavy atom. The number of fused-ring (bicyclic) bond motifs is 1. The molecule has 2 fully saturated rings. The fraction of sp³-hybridized carbons (Fsp3) is 0.607. The Morgan fingerprint density at radius 3 is 2.45 bits per heavy atom. The molecule has 2 heterocycles. The number of H-pyrrole nitrogens is 1. The second kappa shape index (κ2) is 12.0. The number of nitrogens with zero attached hydrogens (tertiary/aromatic N) is 4. The SMILES string of the molecule is C[C@@H](NC(=O)CCC(F)(F)F)c1ccc2nc([C@@H](NC(=O)c3cnnn3CC3CC(F)(F)C3)C3CCC(F)(F)CC3)[nH]c2c1. The maximum absolute atomic E-state index is 14.0. The molecule has 2 aliphatic carbocycles. The lowest BCUT2D eigenvalue weighted by Gasteiger charge is -2.35. The monoisotopic (exact) mass is 631 g/mol. The van der Waals surface area contributed by atoms with Crippen LogP contribution in [0.15, 0.2) is 24.4 Å². The van der Waals surface area contributed by atoms with Gasteiger partial charge in [-0.25, -0.2) is 27.2 Å². The van der Waals surface area contributed by atoms with E-state index in [0.717, 1.165) is 0 Å². The largest absolute Gasteiger partial charge is 0.389 e. The third-order valence-electron chi connectivity index (χ3n) is 8.31. The number of carbonyl (C=O) groups excluding carboxylic acids is 2. The van der Waals surface area contributed by atoms with Gasteiger partial charge in [0.15, 0.2) is 0 Å². The maximum atomic E-state index is 14.0. The average Bonchev–Trinajstić information content (AvgIpc) is 3.56. The Labute approximate surface area is 247 Å². The molecule has 0 unspecified atom stereocenters. The molecule has 5 rings (SSSR count). The summed E-state index contributed by atoms with van der Waals surface area (Å²) in [5.74, 6) is -7.38. The summed E-state index contributed by atoms with van der Waals surface area (Å²) in [6.07, 6.45) is -6.32. The number of hydrogen-bond donors (Lipinski definition) is 3. The molecule has 2 amide bonds. The van der Waals surface area contributed by atoms with Crippen LogP contribution < -0.4 is 10.6 Å². The molecule has 2 saturated carbocycles. The highest BCUT2D eigenvalue weighted by Crippen LogP contribution is 2.43. The number of carbonyl (C=O) groups is 2. The van der Waals surface area contributed by atoms with Gasteiger partial charge in [-0.1, -0.05) is 11.3 Å². The first-order valence-electron chi connectivity index (χ1n) is 14.4. The molecule has 3 N–H and O–H groups in total. The molecule has 2 aliphatic rings. The van der Waals surface area contributed by atoms with E-state index >= 15 is 0 Å². The number of imidazole rings is 1. The van der Waals surface area contributed by atoms with Crippen molar-refractivity contribution in [3.63, 3.8) is 0 Å². The van der Waals surface area contributed by atoms with Crippen LogP contribution in [0, 0.1) is 11.8 Å². The number of aromatic amines is 1. The van der Waals surface area contributed by atoms with Gasteiger partial charge in [0.25, 0.3) is 5.91 Å². The molecule has 9 nitrogen and oxygen atoms in total. The first kappa shape index (κ1) is 31.7. The first-order chi connectivity index (χ1) is 20.6. The second-order valence-electron chi connectivity index (χ2n) is 11.9. The van der Waals surface area contributed by atoms with E-state index in [0.29, 0.717) is 22.4 Å². The zero-order valence-corrected chi connectivity index (χ0v) is 23.7. The molecule has 16 heteroatoms. The Balaban J connectivity index is 1.34. The zero-order valence-electron chi connectivity index (χ0n) is 23.7. The van der Waals surface area contributed by atoms with Crippen molar-refractivity contribution in [3.8, 4) is 0 Å². The third-order valence-corrected chi connectivity index (χ3v) is 8.31. The summed E-state index contributed by atoms with van der Waals surface area (Å²) in [7, 11) is 0. The highest BCUT2D eigenvalue weighted by molar-refractivity contribution is 5.92. The van der Waals surface area contributed by atoms with Gasteiger partial charge in [0.1, 0.15) is 11.5 Å². The molecular formula is C28H32F7N7O2. The summed E-state index contributed by atoms with van der Waals surface area (Å²) in [6.45, 7) is 1.70. The summed E-state index contributed by atoms with van der Waals surface area (Å²) < 4.78 is 93.4. The smallest absolute Gasteiger partial charge is 0.350 e. The minimum atomic E-state index is -4.45. The van der Waals surface area contributed by atoms with E-state index in [-0.39, 0.29) is 56.7 Å². The van der Waals surface area contributed by atoms with Gasteiger partial charge in [0.2, 0.25) is 17.8 Å². The van der Waals surface area contributed by atoms with Gasteiger partial charge >= 0.3 is 6.18 Å². The van der Waals surface area contributed by atoms with Crippen molar-refractivity contribution in [2.45, 2.75) is 94.9 Å². The quantitative estimate of drug-likeness (QED) is 0.237. The van der Waals surface area contributed by atoms with Crippen molar-refractivity contribution >= 4 is 22.8 Å². The molecule has 0 aliphatic heterocycles. The number of rotatable bonds is 10. The van der Waals surface area contributed by atoms with Gasteiger partial charge in [-0.2, -0.15) is 13.2 Å². The number of hydrogen-bond acceptors (Lipinski definition) is 5. The van der Waals surface area contributed by atoms with E-state index in [4.69, 9.17) is 0 Å². The van der Waals surface area contributed by atoms with Crippen LogP contribution in [0.5, 0.6) is 0 Å². The Morgan fingerprint density at radius 2 is 1.80 bits per heavy atom. The summed E-state index contributed by atoms with van der Waals surface area (Å²) in [5, 5.41) is 13.1. The van der Waals surface area contributed by atoms with E-state index in [9.17, 15) is 40.3 Å². The highest BCUT2D eigenvalue weighted by Gasteiger charge is 2.46. The van der Waals surface area contributed by atoms with E-state index in [1.165, 1.54) is 10.9 Å². The average molecular weight is 632 g/mol. The van der Waals surface area contributed by atoms with Crippen molar-refractivity contribution in [1.29, 1.82) is 0 Å². The van der Waals surface area contributed by atoms with Crippen LogP contribution in [0.1, 0.15) is 92.3 Å². The number of nitrogens with one attached hydrogen (secondary N) is 3. The van der Waals surface area contributed by atoms with Crippen molar-refractivity contribution in [1.82, 2.24) is 35.6 Å². The van der Waals surface area contributed by atoms with E-state index in [2.05, 4.69) is 30.9 Å². The predicted molar refractivity (Wildman–Crippen MR) is 143 cm³/mol. The van der Waals surface area contributed by atoms with Crippen LogP contribution >= 0.6 is 0 Å². The number of halogens is 7. The van der Waals surface area contributed by atoms with Crippen LogP contribution in [0.25, 0.3) is 11.0 Å². The summed E-state index contributed by atoms with van der Waals surface area (Å²) >= 11 is 0. The van der Waals surface area contributed by atoms with Gasteiger partial charge in [0, 0.05) is 38.6 Å². The topological polar surface area (TPSA) is 118 Å². The van der Waals surface area contributed by atoms with Gasteiger partial charge in [0.05, 0.1) is 35.7 Å². The second-order valence-corrected chi connectivity index (χ2v) is 11.9. The van der Waals surface area contributed by atoms with Gasteiger partial charge in [-0.05, 0) is 49.3 Å². The molecule has 240 valence electrons. The number of alkyl halides is 7. The summed E-state index contributed by atoms with van der Waals surface area (Å²) in [5.41, 5.74) is 1.62. The fourth-order valence-electron chi connectivity index (χ4n) is 5.86. The fourth-order valence-corrected chi connectivity index (χ4v) is 5.86. The molecular weight excluding hydrogens is 599 g/mol. The zero-order chi connectivity index (χ0) is 31.9. The number of aromatic nitrogens is 5. The van der Waals surface area contributed by atoms with E-state index in [1.54, 1.807) is 25.1 Å². The van der Waals surface area contributed by atoms with Crippen LogP contribution in [-0.2, 0) is 11.3 Å². The maximum Gasteiger partial charge on any atom is 0.389 e. The minimum Gasteiger partial charge on any atom is -0.350 e. The number of amides is 2. The molecule has 0 radical (unpaired) electrons. The summed E-state index contributed by atoms with van der Waals surface area (Å²) in [6, 6.07) is 3.54. The van der Waals surface area contributed by atoms with Crippen LogP contribution in [0.2, 0.25) is 0 Å². The van der Waals surface area contributed by atoms with Crippen molar-refractivity contribution < 1.29 is 40.3 Å². The molecule has 0 saturated heterocycles. The first-order valence-corrected chi connectivity index (χ1v) is 14.4. The van der Waals surface area contributed by atoms with Crippen molar-refractivity contribution in [3.05, 3.63) is 41.5 Å². The molecule has 3 aromatic rings. The Bertz CT molecular complexity index is 1480. The standard InChI is InChI=1S/C28H32F7N7O2/c1-15(37-22(43)6-9-28(33,34)35)18-2-3-19-20(10-18)39-24(38-19)23(17-4-7-26(29,30)8-5-17)40-25(44)21-13-36-41-42(21)14-16-11-27(31,32)12-16/h2-3,10,13,15-17,23H,4-9,11-12,14H2,1H3,(H,37,43)(H,38,39)(H,40,44)/t15-,23+/m1/s1. The molecule has 0 spiro atoms. The molecule has 44 heavy (non-hydrogen) atoms. The Hall–Kier alpha value is -3.72. The molecule has 2 aromatic heterocycles.